The van der Waals surface area contributed by atoms with Crippen LogP contribution in [-0.4, -0.2) is 19.7 Å². The number of hydrogen-bond donors (Lipinski definition) is 0. The molecule has 1 unspecified atom stereocenters. The highest BCUT2D eigenvalue weighted by atomic mass is 16.8. The lowest BCUT2D eigenvalue weighted by molar-refractivity contribution is -0.217. The summed E-state index contributed by atoms with van der Waals surface area (Å²) in [7, 11) is 1.60. The van der Waals surface area contributed by atoms with E-state index in [1.165, 1.54) is 0 Å². The van der Waals surface area contributed by atoms with Gasteiger partial charge < -0.3 is 14.2 Å². The second-order valence-electron chi connectivity index (χ2n) is 4.21. The highest BCUT2D eigenvalue weighted by molar-refractivity contribution is 5.51. The fraction of sp³-hybridized carbons (Fsp3) is 0.467. The molecule has 0 radical (unpaired) electrons. The lowest BCUT2D eigenvalue weighted by atomic mass is 10.2. The highest BCUT2D eigenvalue weighted by Gasteiger charge is 2.24. The van der Waals surface area contributed by atoms with Gasteiger partial charge in [-0.25, -0.2) is 0 Å². The molecule has 1 aromatic carbocycles. The van der Waals surface area contributed by atoms with E-state index in [9.17, 15) is 0 Å². The van der Waals surface area contributed by atoms with Crippen LogP contribution in [0.1, 0.15) is 32.8 Å². The quantitative estimate of drug-likeness (QED) is 0.688. The average Bonchev–Trinajstić information content (AvgIpc) is 2.37. The van der Waals surface area contributed by atoms with Crippen LogP contribution in [0.25, 0.3) is 6.08 Å². The molecule has 1 aromatic rings. The minimum absolute atomic E-state index is 0.221. The van der Waals surface area contributed by atoms with Gasteiger partial charge in [0, 0.05) is 20.5 Å². The van der Waals surface area contributed by atoms with Crippen molar-refractivity contribution in [2.45, 2.75) is 33.0 Å². The zero-order valence-corrected chi connectivity index (χ0v) is 11.6. The molecule has 0 aromatic heterocycles. The Morgan fingerprint density at radius 2 is 2.11 bits per heavy atom. The topological polar surface area (TPSA) is 27.7 Å². The molecule has 0 heterocycles. The number of methoxy groups -OCH3 is 1. The van der Waals surface area contributed by atoms with E-state index < -0.39 is 5.79 Å². The first kappa shape index (κ1) is 14.7. The van der Waals surface area contributed by atoms with E-state index in [2.05, 4.69) is 0 Å². The molecular weight excluding hydrogens is 228 g/mol. The van der Waals surface area contributed by atoms with Gasteiger partial charge in [-0.15, -0.1) is 0 Å². The van der Waals surface area contributed by atoms with Crippen molar-refractivity contribution in [3.8, 4) is 5.75 Å². The largest absolute Gasteiger partial charge is 0.463 e. The van der Waals surface area contributed by atoms with Crippen molar-refractivity contribution in [2.24, 2.45) is 0 Å². The summed E-state index contributed by atoms with van der Waals surface area (Å²) in [4.78, 5) is 0. The predicted octanol–water partition coefficient (Wildman–Crippen LogP) is 3.85. The maximum absolute atomic E-state index is 5.90. The molecule has 1 rings (SSSR count). The van der Waals surface area contributed by atoms with Gasteiger partial charge in [0.25, 0.3) is 0 Å². The van der Waals surface area contributed by atoms with Crippen LogP contribution in [0.5, 0.6) is 5.75 Å². The summed E-state index contributed by atoms with van der Waals surface area (Å²) in [6, 6.07) is 7.92. The van der Waals surface area contributed by atoms with Gasteiger partial charge in [0.2, 0.25) is 5.79 Å². The first-order valence-corrected chi connectivity index (χ1v) is 6.18. The Labute approximate surface area is 109 Å². The predicted molar refractivity (Wildman–Crippen MR) is 73.4 cm³/mol. The highest BCUT2D eigenvalue weighted by Crippen LogP contribution is 2.23. The second-order valence-corrected chi connectivity index (χ2v) is 4.21. The lowest BCUT2D eigenvalue weighted by Crippen LogP contribution is -2.35. The van der Waals surface area contributed by atoms with Gasteiger partial charge in [0.1, 0.15) is 5.75 Å². The number of rotatable bonds is 7. The molecule has 0 bridgehead atoms. The van der Waals surface area contributed by atoms with Crippen LogP contribution in [-0.2, 0) is 9.47 Å². The molecule has 0 saturated heterocycles. The van der Waals surface area contributed by atoms with Crippen molar-refractivity contribution in [1.29, 1.82) is 0 Å². The van der Waals surface area contributed by atoms with Crippen LogP contribution < -0.4 is 4.74 Å². The van der Waals surface area contributed by atoms with Gasteiger partial charge in [-0.2, -0.15) is 0 Å². The second kappa shape index (κ2) is 7.19. The van der Waals surface area contributed by atoms with E-state index in [1.807, 2.05) is 57.2 Å². The molecule has 18 heavy (non-hydrogen) atoms. The van der Waals surface area contributed by atoms with Crippen molar-refractivity contribution in [2.75, 3.05) is 13.9 Å². The van der Waals surface area contributed by atoms with Gasteiger partial charge in [-0.05, 0) is 24.6 Å². The van der Waals surface area contributed by atoms with E-state index in [0.29, 0.717) is 0 Å². The smallest absolute Gasteiger partial charge is 0.209 e. The molecule has 0 spiro atoms. The number of allylic oxidation sites excluding steroid dienone is 1. The normalized spacial score (nSPS) is 14.7. The van der Waals surface area contributed by atoms with Gasteiger partial charge in [-0.3, -0.25) is 0 Å². The maximum Gasteiger partial charge on any atom is 0.209 e. The monoisotopic (exact) mass is 250 g/mol. The standard InChI is InChI=1S/C15H22O3/c1-5-8-13-9-7-10-14(11-13)18-15(3,6-2)17-12-16-4/h5,7-11H,6,12H2,1-4H3. The Morgan fingerprint density at radius 3 is 2.72 bits per heavy atom. The number of ether oxygens (including phenoxy) is 3. The Balaban J connectivity index is 2.77. The van der Waals surface area contributed by atoms with E-state index in [-0.39, 0.29) is 6.79 Å². The summed E-state index contributed by atoms with van der Waals surface area (Å²) in [5.41, 5.74) is 1.11. The van der Waals surface area contributed by atoms with Crippen LogP contribution in [0.3, 0.4) is 0 Å². The van der Waals surface area contributed by atoms with Crippen LogP contribution in [0.4, 0.5) is 0 Å². The van der Waals surface area contributed by atoms with Crippen LogP contribution in [0, 0.1) is 0 Å². The van der Waals surface area contributed by atoms with Gasteiger partial charge >= 0.3 is 0 Å². The van der Waals surface area contributed by atoms with Gasteiger partial charge in [0.15, 0.2) is 6.79 Å². The third-order valence-corrected chi connectivity index (χ3v) is 2.68. The summed E-state index contributed by atoms with van der Waals surface area (Å²) >= 11 is 0. The molecule has 0 fully saturated rings. The third-order valence-electron chi connectivity index (χ3n) is 2.68. The van der Waals surface area contributed by atoms with Crippen molar-refractivity contribution in [1.82, 2.24) is 0 Å². The zero-order valence-electron chi connectivity index (χ0n) is 11.6. The summed E-state index contributed by atoms with van der Waals surface area (Å²) < 4.78 is 16.4. The molecule has 0 saturated carbocycles. The van der Waals surface area contributed by atoms with Crippen molar-refractivity contribution in [3.63, 3.8) is 0 Å². The van der Waals surface area contributed by atoms with E-state index in [1.54, 1.807) is 7.11 Å². The molecule has 100 valence electrons. The van der Waals surface area contributed by atoms with E-state index in [4.69, 9.17) is 14.2 Å². The minimum Gasteiger partial charge on any atom is -0.463 e. The van der Waals surface area contributed by atoms with Crippen molar-refractivity contribution in [3.05, 3.63) is 35.9 Å². The van der Waals surface area contributed by atoms with E-state index >= 15 is 0 Å². The van der Waals surface area contributed by atoms with Crippen molar-refractivity contribution >= 4 is 6.08 Å². The molecule has 3 nitrogen and oxygen atoms in total. The first-order chi connectivity index (χ1) is 8.63. The number of hydrogen-bond acceptors (Lipinski definition) is 3. The molecule has 0 aliphatic heterocycles. The van der Waals surface area contributed by atoms with Gasteiger partial charge in [0.05, 0.1) is 0 Å². The maximum atomic E-state index is 5.90. The lowest BCUT2D eigenvalue weighted by Gasteiger charge is -2.29. The fourth-order valence-corrected chi connectivity index (χ4v) is 1.51. The molecule has 0 aliphatic carbocycles. The molecule has 0 N–H and O–H groups in total. The van der Waals surface area contributed by atoms with Crippen molar-refractivity contribution < 1.29 is 14.2 Å². The Hall–Kier alpha value is -1.32. The summed E-state index contributed by atoms with van der Waals surface area (Å²) in [5, 5.41) is 0. The summed E-state index contributed by atoms with van der Waals surface area (Å²) in [5.74, 6) is 0.135. The SMILES string of the molecule is CC=Cc1cccc(OC(C)(CC)OCOC)c1. The Bertz CT molecular complexity index is 387. The summed E-state index contributed by atoms with van der Waals surface area (Å²) in [6.45, 7) is 6.14. The van der Waals surface area contributed by atoms with Crippen LogP contribution >= 0.6 is 0 Å². The Morgan fingerprint density at radius 1 is 1.33 bits per heavy atom. The molecule has 0 amide bonds. The average molecular weight is 250 g/mol. The van der Waals surface area contributed by atoms with Gasteiger partial charge in [-0.1, -0.05) is 31.2 Å². The molecular formula is C15H22O3. The molecule has 0 aliphatic rings. The fourth-order valence-electron chi connectivity index (χ4n) is 1.51. The number of benzene rings is 1. The zero-order chi connectivity index (χ0) is 13.4. The molecule has 1 atom stereocenters. The van der Waals surface area contributed by atoms with Crippen LogP contribution in [0.15, 0.2) is 30.3 Å². The molecule has 3 heteroatoms. The first-order valence-electron chi connectivity index (χ1n) is 6.18. The third kappa shape index (κ3) is 4.51. The van der Waals surface area contributed by atoms with E-state index in [0.717, 1.165) is 17.7 Å². The Kier molecular flexibility index (Phi) is 5.89. The minimum atomic E-state index is -0.662. The summed E-state index contributed by atoms with van der Waals surface area (Å²) in [6.07, 6.45) is 4.77. The van der Waals surface area contributed by atoms with Crippen LogP contribution in [0.2, 0.25) is 0 Å².